The minimum Gasteiger partial charge on any atom is -0.416 e. The lowest BCUT2D eigenvalue weighted by Crippen LogP contribution is -1.88. The zero-order valence-corrected chi connectivity index (χ0v) is 14.7. The molecule has 0 fully saturated rings. The molecule has 1 aromatic heterocycles. The molecule has 3 aromatic rings. The summed E-state index contributed by atoms with van der Waals surface area (Å²) in [5.74, 6) is 1.07. The smallest absolute Gasteiger partial charge is 0.248 e. The highest BCUT2D eigenvalue weighted by atomic mass is 79.9. The predicted octanol–water partition coefficient (Wildman–Crippen LogP) is 5.55. The zero-order valence-electron chi connectivity index (χ0n) is 11.5. The van der Waals surface area contributed by atoms with Gasteiger partial charge in [-0.15, -0.1) is 10.2 Å². The quantitative estimate of drug-likeness (QED) is 0.559. The third kappa shape index (κ3) is 2.80. The summed E-state index contributed by atoms with van der Waals surface area (Å²) in [6, 6.07) is 11.8. The first-order valence-electron chi connectivity index (χ1n) is 6.42. The summed E-state index contributed by atoms with van der Waals surface area (Å²) < 4.78 is 7.92. The Morgan fingerprint density at radius 2 is 1.48 bits per heavy atom. The molecule has 0 saturated carbocycles. The van der Waals surface area contributed by atoms with E-state index < -0.39 is 0 Å². The average Bonchev–Trinajstić information content (AvgIpc) is 2.95. The topological polar surface area (TPSA) is 38.9 Å². The molecule has 0 radical (unpaired) electrons. The second-order valence-electron chi connectivity index (χ2n) is 4.76. The van der Waals surface area contributed by atoms with E-state index in [1.165, 1.54) is 5.56 Å². The number of aromatic nitrogens is 2. The van der Waals surface area contributed by atoms with Crippen molar-refractivity contribution >= 4 is 31.9 Å². The summed E-state index contributed by atoms with van der Waals surface area (Å²) in [6.07, 6.45) is 0. The van der Waals surface area contributed by atoms with Crippen molar-refractivity contribution in [2.45, 2.75) is 13.8 Å². The summed E-state index contributed by atoms with van der Waals surface area (Å²) >= 11 is 6.94. The Bertz CT molecular complexity index is 795. The number of hydrogen-bond donors (Lipinski definition) is 0. The first-order chi connectivity index (χ1) is 10.1. The Labute approximate surface area is 139 Å². The maximum atomic E-state index is 5.82. The van der Waals surface area contributed by atoms with E-state index in [9.17, 15) is 0 Å². The number of hydrogen-bond acceptors (Lipinski definition) is 3. The van der Waals surface area contributed by atoms with Gasteiger partial charge in [0.05, 0.1) is 0 Å². The summed E-state index contributed by atoms with van der Waals surface area (Å²) in [5, 5.41) is 8.32. The fourth-order valence-electron chi connectivity index (χ4n) is 2.06. The van der Waals surface area contributed by atoms with Gasteiger partial charge in [-0.2, -0.15) is 0 Å². The second kappa shape index (κ2) is 5.73. The molecule has 0 spiro atoms. The van der Waals surface area contributed by atoms with Crippen LogP contribution in [0, 0.1) is 13.8 Å². The monoisotopic (exact) mass is 406 g/mol. The number of rotatable bonds is 2. The van der Waals surface area contributed by atoms with E-state index in [0.717, 1.165) is 25.6 Å². The van der Waals surface area contributed by atoms with Crippen molar-refractivity contribution in [3.63, 3.8) is 0 Å². The standard InChI is InChI=1S/C16H12Br2N2O/c1-9-10(2)14(18)8-7-13(9)16-20-19-15(21-16)11-3-5-12(17)6-4-11/h3-8H,1-2H3. The highest BCUT2D eigenvalue weighted by molar-refractivity contribution is 9.10. The van der Waals surface area contributed by atoms with Gasteiger partial charge in [0.1, 0.15) is 0 Å². The van der Waals surface area contributed by atoms with Crippen LogP contribution in [-0.4, -0.2) is 10.2 Å². The molecular formula is C16H12Br2N2O. The summed E-state index contributed by atoms with van der Waals surface area (Å²) in [4.78, 5) is 0. The first-order valence-corrected chi connectivity index (χ1v) is 8.00. The first kappa shape index (κ1) is 14.5. The maximum Gasteiger partial charge on any atom is 0.248 e. The highest BCUT2D eigenvalue weighted by Crippen LogP contribution is 2.31. The van der Waals surface area contributed by atoms with E-state index >= 15 is 0 Å². The van der Waals surface area contributed by atoms with Crippen LogP contribution < -0.4 is 0 Å². The SMILES string of the molecule is Cc1c(Br)ccc(-c2nnc(-c3ccc(Br)cc3)o2)c1C. The number of halogens is 2. The molecule has 1 heterocycles. The minimum atomic E-state index is 0.525. The van der Waals surface area contributed by atoms with Gasteiger partial charge in [-0.3, -0.25) is 0 Å². The largest absolute Gasteiger partial charge is 0.416 e. The summed E-state index contributed by atoms with van der Waals surface area (Å²) in [5.41, 5.74) is 4.18. The lowest BCUT2D eigenvalue weighted by atomic mass is 10.0. The Balaban J connectivity index is 2.03. The van der Waals surface area contributed by atoms with Crippen molar-refractivity contribution in [3.05, 3.63) is 56.5 Å². The van der Waals surface area contributed by atoms with Crippen LogP contribution in [0.1, 0.15) is 11.1 Å². The zero-order chi connectivity index (χ0) is 15.0. The van der Waals surface area contributed by atoms with Crippen LogP contribution in [0.25, 0.3) is 22.9 Å². The van der Waals surface area contributed by atoms with Gasteiger partial charge in [0.25, 0.3) is 0 Å². The molecular weight excluding hydrogens is 396 g/mol. The molecule has 0 aliphatic heterocycles. The molecule has 3 nitrogen and oxygen atoms in total. The van der Waals surface area contributed by atoms with Gasteiger partial charge in [0.15, 0.2) is 0 Å². The van der Waals surface area contributed by atoms with Crippen molar-refractivity contribution in [1.29, 1.82) is 0 Å². The molecule has 0 aliphatic rings. The summed E-state index contributed by atoms with van der Waals surface area (Å²) in [6.45, 7) is 4.12. The van der Waals surface area contributed by atoms with Crippen LogP contribution in [0.15, 0.2) is 49.8 Å². The van der Waals surface area contributed by atoms with Crippen LogP contribution in [0.2, 0.25) is 0 Å². The van der Waals surface area contributed by atoms with E-state index in [1.54, 1.807) is 0 Å². The van der Waals surface area contributed by atoms with Gasteiger partial charge in [0, 0.05) is 20.1 Å². The molecule has 0 N–H and O–H groups in total. The van der Waals surface area contributed by atoms with Gasteiger partial charge in [-0.05, 0) is 61.4 Å². The molecule has 2 aromatic carbocycles. The Morgan fingerprint density at radius 1 is 0.810 bits per heavy atom. The highest BCUT2D eigenvalue weighted by Gasteiger charge is 2.14. The molecule has 21 heavy (non-hydrogen) atoms. The number of nitrogens with zero attached hydrogens (tertiary/aromatic N) is 2. The van der Waals surface area contributed by atoms with Crippen molar-refractivity contribution in [3.8, 4) is 22.9 Å². The maximum absolute atomic E-state index is 5.82. The molecule has 106 valence electrons. The molecule has 5 heteroatoms. The molecule has 0 saturated heterocycles. The lowest BCUT2D eigenvalue weighted by molar-refractivity contribution is 0.584. The molecule has 0 bridgehead atoms. The van der Waals surface area contributed by atoms with Crippen LogP contribution in [0.4, 0.5) is 0 Å². The molecule has 0 amide bonds. The Hall–Kier alpha value is -1.46. The third-order valence-corrected chi connectivity index (χ3v) is 4.86. The van der Waals surface area contributed by atoms with Gasteiger partial charge in [0.2, 0.25) is 11.8 Å². The van der Waals surface area contributed by atoms with Crippen LogP contribution in [-0.2, 0) is 0 Å². The number of benzene rings is 2. The van der Waals surface area contributed by atoms with Gasteiger partial charge < -0.3 is 4.42 Å². The van der Waals surface area contributed by atoms with E-state index in [0.29, 0.717) is 11.8 Å². The van der Waals surface area contributed by atoms with E-state index in [4.69, 9.17) is 4.42 Å². The van der Waals surface area contributed by atoms with Gasteiger partial charge in [-0.25, -0.2) is 0 Å². The fourth-order valence-corrected chi connectivity index (χ4v) is 2.75. The molecule has 0 atom stereocenters. The fraction of sp³-hybridized carbons (Fsp3) is 0.125. The summed E-state index contributed by atoms with van der Waals surface area (Å²) in [7, 11) is 0. The molecule has 3 rings (SSSR count). The average molecular weight is 408 g/mol. The van der Waals surface area contributed by atoms with E-state index in [1.807, 2.05) is 36.4 Å². The molecule has 0 aliphatic carbocycles. The van der Waals surface area contributed by atoms with Crippen molar-refractivity contribution < 1.29 is 4.42 Å². The third-order valence-electron chi connectivity index (χ3n) is 3.47. The van der Waals surface area contributed by atoms with Gasteiger partial charge in [-0.1, -0.05) is 31.9 Å². The normalized spacial score (nSPS) is 10.9. The van der Waals surface area contributed by atoms with Gasteiger partial charge >= 0.3 is 0 Å². The molecule has 0 unspecified atom stereocenters. The van der Waals surface area contributed by atoms with Crippen molar-refractivity contribution in [1.82, 2.24) is 10.2 Å². The van der Waals surface area contributed by atoms with Crippen LogP contribution >= 0.6 is 31.9 Å². The van der Waals surface area contributed by atoms with Crippen LogP contribution in [0.3, 0.4) is 0 Å². The second-order valence-corrected chi connectivity index (χ2v) is 6.53. The lowest BCUT2D eigenvalue weighted by Gasteiger charge is -2.06. The predicted molar refractivity (Wildman–Crippen MR) is 90.0 cm³/mol. The van der Waals surface area contributed by atoms with E-state index in [2.05, 4.69) is 55.9 Å². The van der Waals surface area contributed by atoms with E-state index in [-0.39, 0.29) is 0 Å². The van der Waals surface area contributed by atoms with Crippen molar-refractivity contribution in [2.75, 3.05) is 0 Å². The van der Waals surface area contributed by atoms with Crippen LogP contribution in [0.5, 0.6) is 0 Å². The minimum absolute atomic E-state index is 0.525. The Kier molecular flexibility index (Phi) is 3.95. The Morgan fingerprint density at radius 3 is 2.19 bits per heavy atom. The van der Waals surface area contributed by atoms with Crippen molar-refractivity contribution in [2.24, 2.45) is 0 Å².